The summed E-state index contributed by atoms with van der Waals surface area (Å²) in [4.78, 5) is 15.7. The Labute approximate surface area is 141 Å². The molecular formula is C21H20N2O. The Bertz CT molecular complexity index is 903. The van der Waals surface area contributed by atoms with Gasteiger partial charge in [0.15, 0.2) is 0 Å². The Hall–Kier alpha value is -2.68. The van der Waals surface area contributed by atoms with Gasteiger partial charge in [0, 0.05) is 30.6 Å². The minimum absolute atomic E-state index is 0.0338. The average Bonchev–Trinajstić information content (AvgIpc) is 2.61. The Balaban J connectivity index is 1.76. The van der Waals surface area contributed by atoms with Crippen molar-refractivity contribution in [2.45, 2.75) is 31.7 Å². The van der Waals surface area contributed by atoms with Crippen LogP contribution >= 0.6 is 0 Å². The van der Waals surface area contributed by atoms with Crippen molar-refractivity contribution in [1.82, 2.24) is 10.3 Å². The zero-order valence-corrected chi connectivity index (χ0v) is 13.7. The molecule has 24 heavy (non-hydrogen) atoms. The Morgan fingerprint density at radius 2 is 1.88 bits per heavy atom. The van der Waals surface area contributed by atoms with Crippen LogP contribution in [0.1, 0.15) is 48.4 Å². The SMILES string of the molecule is CC(=O)N[C@@H]1CC[C@H](c2ccc3cnccc3c2)c2ccccc21. The molecule has 1 amide bonds. The minimum atomic E-state index is 0.0338. The third-order valence-corrected chi connectivity index (χ3v) is 4.94. The van der Waals surface area contributed by atoms with Crippen LogP contribution in [0.4, 0.5) is 0 Å². The van der Waals surface area contributed by atoms with Crippen molar-refractivity contribution >= 4 is 16.7 Å². The summed E-state index contributed by atoms with van der Waals surface area (Å²) >= 11 is 0. The van der Waals surface area contributed by atoms with Crippen LogP contribution in [0.5, 0.6) is 0 Å². The molecule has 4 rings (SSSR count). The van der Waals surface area contributed by atoms with Crippen LogP contribution in [0.15, 0.2) is 60.9 Å². The topological polar surface area (TPSA) is 42.0 Å². The summed E-state index contributed by atoms with van der Waals surface area (Å²) in [7, 11) is 0. The Kier molecular flexibility index (Phi) is 3.77. The van der Waals surface area contributed by atoms with E-state index in [9.17, 15) is 4.79 Å². The number of carbonyl (C=O) groups is 1. The number of benzene rings is 2. The van der Waals surface area contributed by atoms with E-state index in [-0.39, 0.29) is 11.9 Å². The number of carbonyl (C=O) groups excluding carboxylic acids is 1. The fourth-order valence-corrected chi connectivity index (χ4v) is 3.85. The second-order valence-electron chi connectivity index (χ2n) is 6.49. The predicted octanol–water partition coefficient (Wildman–Crippen LogP) is 4.34. The van der Waals surface area contributed by atoms with Crippen molar-refractivity contribution in [2.24, 2.45) is 0 Å². The van der Waals surface area contributed by atoms with Crippen LogP contribution in [0.2, 0.25) is 0 Å². The van der Waals surface area contributed by atoms with Gasteiger partial charge in [-0.3, -0.25) is 9.78 Å². The minimum Gasteiger partial charge on any atom is -0.350 e. The summed E-state index contributed by atoms with van der Waals surface area (Å²) in [5.41, 5.74) is 3.91. The van der Waals surface area contributed by atoms with E-state index in [1.165, 1.54) is 27.5 Å². The molecule has 1 aliphatic rings. The third-order valence-electron chi connectivity index (χ3n) is 4.94. The van der Waals surface area contributed by atoms with Gasteiger partial charge in [-0.15, -0.1) is 0 Å². The van der Waals surface area contributed by atoms with E-state index in [0.29, 0.717) is 5.92 Å². The molecule has 1 aromatic heterocycles. The molecule has 0 saturated heterocycles. The lowest BCUT2D eigenvalue weighted by Gasteiger charge is -2.32. The van der Waals surface area contributed by atoms with Crippen molar-refractivity contribution < 1.29 is 4.79 Å². The number of aromatic nitrogens is 1. The molecule has 1 N–H and O–H groups in total. The molecule has 3 aromatic rings. The fraction of sp³-hybridized carbons (Fsp3) is 0.238. The largest absolute Gasteiger partial charge is 0.350 e. The summed E-state index contributed by atoms with van der Waals surface area (Å²) in [6.45, 7) is 1.59. The number of hydrogen-bond acceptors (Lipinski definition) is 2. The van der Waals surface area contributed by atoms with Gasteiger partial charge in [0.1, 0.15) is 0 Å². The van der Waals surface area contributed by atoms with Gasteiger partial charge in [0.25, 0.3) is 0 Å². The van der Waals surface area contributed by atoms with Gasteiger partial charge in [-0.2, -0.15) is 0 Å². The first kappa shape index (κ1) is 14.9. The molecule has 0 unspecified atom stereocenters. The summed E-state index contributed by atoms with van der Waals surface area (Å²) in [5, 5.41) is 5.49. The zero-order valence-electron chi connectivity index (χ0n) is 13.7. The number of amides is 1. The van der Waals surface area contributed by atoms with Crippen LogP contribution in [0.25, 0.3) is 10.8 Å². The van der Waals surface area contributed by atoms with Gasteiger partial charge in [0.2, 0.25) is 5.91 Å². The molecule has 0 fully saturated rings. The first-order valence-corrected chi connectivity index (χ1v) is 8.42. The fourth-order valence-electron chi connectivity index (χ4n) is 3.85. The number of rotatable bonds is 2. The normalized spacial score (nSPS) is 19.7. The molecule has 0 saturated carbocycles. The van der Waals surface area contributed by atoms with Crippen molar-refractivity contribution in [3.63, 3.8) is 0 Å². The highest BCUT2D eigenvalue weighted by atomic mass is 16.1. The maximum atomic E-state index is 11.5. The van der Waals surface area contributed by atoms with E-state index < -0.39 is 0 Å². The highest BCUT2D eigenvalue weighted by molar-refractivity contribution is 5.82. The van der Waals surface area contributed by atoms with E-state index in [1.54, 1.807) is 6.92 Å². The molecule has 0 aliphatic heterocycles. The lowest BCUT2D eigenvalue weighted by atomic mass is 9.76. The zero-order chi connectivity index (χ0) is 16.5. The molecular weight excluding hydrogens is 296 g/mol. The van der Waals surface area contributed by atoms with E-state index in [0.717, 1.165) is 12.8 Å². The van der Waals surface area contributed by atoms with Crippen LogP contribution in [0.3, 0.4) is 0 Å². The standard InChI is InChI=1S/C21H20N2O/c1-14(24)23-21-9-8-18(19-4-2-3-5-20(19)21)16-6-7-17-13-22-11-10-15(17)12-16/h2-7,10-13,18,21H,8-9H2,1H3,(H,23,24)/t18-,21-/m1/s1. The Morgan fingerprint density at radius 3 is 2.71 bits per heavy atom. The smallest absolute Gasteiger partial charge is 0.217 e. The first-order valence-electron chi connectivity index (χ1n) is 8.42. The molecule has 3 nitrogen and oxygen atoms in total. The summed E-state index contributed by atoms with van der Waals surface area (Å²) in [6, 6.07) is 17.3. The summed E-state index contributed by atoms with van der Waals surface area (Å²) < 4.78 is 0. The van der Waals surface area contributed by atoms with Crippen molar-refractivity contribution in [1.29, 1.82) is 0 Å². The molecule has 3 heteroatoms. The van der Waals surface area contributed by atoms with Crippen molar-refractivity contribution in [3.05, 3.63) is 77.6 Å². The van der Waals surface area contributed by atoms with Crippen molar-refractivity contribution in [2.75, 3.05) is 0 Å². The van der Waals surface area contributed by atoms with E-state index >= 15 is 0 Å². The van der Waals surface area contributed by atoms with E-state index in [2.05, 4.69) is 58.8 Å². The molecule has 0 radical (unpaired) electrons. The highest BCUT2D eigenvalue weighted by Crippen LogP contribution is 2.41. The molecule has 2 aromatic carbocycles. The van der Waals surface area contributed by atoms with Crippen LogP contribution < -0.4 is 5.32 Å². The van der Waals surface area contributed by atoms with Crippen LogP contribution in [-0.2, 0) is 4.79 Å². The molecule has 0 bridgehead atoms. The van der Waals surface area contributed by atoms with Gasteiger partial charge in [-0.05, 0) is 41.0 Å². The molecule has 2 atom stereocenters. The van der Waals surface area contributed by atoms with Gasteiger partial charge in [-0.1, -0.05) is 42.5 Å². The highest BCUT2D eigenvalue weighted by Gasteiger charge is 2.28. The number of nitrogens with one attached hydrogen (secondary N) is 1. The number of pyridine rings is 1. The van der Waals surface area contributed by atoms with Gasteiger partial charge >= 0.3 is 0 Å². The maximum absolute atomic E-state index is 11.5. The lowest BCUT2D eigenvalue weighted by molar-refractivity contribution is -0.119. The predicted molar refractivity (Wildman–Crippen MR) is 95.8 cm³/mol. The van der Waals surface area contributed by atoms with Gasteiger partial charge in [0.05, 0.1) is 6.04 Å². The van der Waals surface area contributed by atoms with E-state index in [1.807, 2.05) is 12.4 Å². The molecule has 1 aliphatic carbocycles. The second kappa shape index (κ2) is 6.08. The summed E-state index contributed by atoms with van der Waals surface area (Å²) in [6.07, 6.45) is 5.75. The maximum Gasteiger partial charge on any atom is 0.217 e. The van der Waals surface area contributed by atoms with Crippen LogP contribution in [0, 0.1) is 0 Å². The Morgan fingerprint density at radius 1 is 1.04 bits per heavy atom. The van der Waals surface area contributed by atoms with Gasteiger partial charge in [-0.25, -0.2) is 0 Å². The first-order chi connectivity index (χ1) is 11.7. The van der Waals surface area contributed by atoms with E-state index in [4.69, 9.17) is 0 Å². The number of nitrogens with zero attached hydrogens (tertiary/aromatic N) is 1. The monoisotopic (exact) mass is 316 g/mol. The number of fused-ring (bicyclic) bond motifs is 2. The quantitative estimate of drug-likeness (QED) is 0.764. The van der Waals surface area contributed by atoms with Crippen LogP contribution in [-0.4, -0.2) is 10.9 Å². The lowest BCUT2D eigenvalue weighted by Crippen LogP contribution is -2.30. The molecule has 120 valence electrons. The number of hydrogen-bond donors (Lipinski definition) is 1. The average molecular weight is 316 g/mol. The molecule has 1 heterocycles. The van der Waals surface area contributed by atoms with Gasteiger partial charge < -0.3 is 5.32 Å². The summed E-state index contributed by atoms with van der Waals surface area (Å²) in [5.74, 6) is 0.412. The second-order valence-corrected chi connectivity index (χ2v) is 6.49. The van der Waals surface area contributed by atoms with Crippen molar-refractivity contribution in [3.8, 4) is 0 Å². The third kappa shape index (κ3) is 2.67. The molecule has 0 spiro atoms.